The molecule has 0 bridgehead atoms. The lowest BCUT2D eigenvalue weighted by Gasteiger charge is -2.36. The Morgan fingerprint density at radius 1 is 1.22 bits per heavy atom. The van der Waals surface area contributed by atoms with Crippen molar-refractivity contribution in [2.75, 3.05) is 20.3 Å². The lowest BCUT2D eigenvalue weighted by Crippen LogP contribution is -2.39. The fourth-order valence-corrected chi connectivity index (χ4v) is 6.94. The number of ether oxygens (including phenoxy) is 1. The normalized spacial score (nSPS) is 21.9. The maximum Gasteiger partial charge on any atom is 0.233 e. The Morgan fingerprint density at radius 2 is 2.00 bits per heavy atom. The molecule has 0 radical (unpaired) electrons. The summed E-state index contributed by atoms with van der Waals surface area (Å²) in [6, 6.07) is 9.27. The molecule has 2 heterocycles. The van der Waals surface area contributed by atoms with Crippen LogP contribution in [0, 0.1) is 21.3 Å². The minimum absolute atomic E-state index is 0.0820. The predicted molar refractivity (Wildman–Crippen MR) is 166 cm³/mol. The summed E-state index contributed by atoms with van der Waals surface area (Å²) in [6.07, 6.45) is 6.30. The number of pyridine rings is 1. The van der Waals surface area contributed by atoms with Crippen molar-refractivity contribution in [3.8, 4) is 11.5 Å². The molecule has 0 saturated carbocycles. The summed E-state index contributed by atoms with van der Waals surface area (Å²) in [5.74, 6) is -1.63. The quantitative estimate of drug-likeness (QED) is 0.161. The highest BCUT2D eigenvalue weighted by atomic mass is 127. The summed E-state index contributed by atoms with van der Waals surface area (Å²) in [7, 11) is 1.51. The van der Waals surface area contributed by atoms with Crippen LogP contribution in [-0.4, -0.2) is 63.4 Å². The summed E-state index contributed by atoms with van der Waals surface area (Å²) in [6.45, 7) is 4.07. The third-order valence-electron chi connectivity index (χ3n) is 8.12. The average molecular weight is 675 g/mol. The lowest BCUT2D eigenvalue weighted by molar-refractivity contribution is -0.140. The first-order chi connectivity index (χ1) is 19.7. The number of rotatable bonds is 12. The first-order valence-corrected chi connectivity index (χ1v) is 15.4. The molecule has 1 aromatic heterocycles. The van der Waals surface area contributed by atoms with Crippen LogP contribution in [0.5, 0.6) is 11.5 Å². The Balaban J connectivity index is 1.66. The number of imide groups is 1. The number of hydrogen-bond donors (Lipinski definition) is 3. The minimum Gasteiger partial charge on any atom is -0.504 e. The summed E-state index contributed by atoms with van der Waals surface area (Å²) in [5, 5.41) is 32.5. The molecule has 8 nitrogen and oxygen atoms in total. The van der Waals surface area contributed by atoms with Crippen LogP contribution in [0.15, 0.2) is 47.7 Å². The number of benzene rings is 1. The van der Waals surface area contributed by atoms with Gasteiger partial charge >= 0.3 is 0 Å². The number of aromatic hydroxyl groups is 1. The Bertz CT molecular complexity index is 1320. The first-order valence-electron chi connectivity index (χ1n) is 14.3. The molecule has 4 rings (SSSR count). The number of phenols is 1. The summed E-state index contributed by atoms with van der Waals surface area (Å²) in [4.78, 5) is 32.4. The summed E-state index contributed by atoms with van der Waals surface area (Å²) in [5.41, 5.74) is 4.18. The molecule has 1 saturated heterocycles. The third kappa shape index (κ3) is 6.52. The standard InChI is InChI=1S/C32H39IN2O6/c1-4-8-21-17-22-29(32(40)35(13-5-2)31(22)39)23(18-36)28(21)26(37)11-10-20(25-9-6-7-12-34-25)14-19-15-24(33)30(38)27(16-19)41-3/h6-7,9,12,14-16,22-23,26,29,36-38H,4-5,8,10-11,13,17-18H2,1-3H3/b20-14-/t22-,23+,26-,29-/m1/s1. The Hall–Kier alpha value is -2.76. The highest BCUT2D eigenvalue weighted by Gasteiger charge is 2.54. The highest BCUT2D eigenvalue weighted by Crippen LogP contribution is 2.47. The van der Waals surface area contributed by atoms with Gasteiger partial charge in [-0.25, -0.2) is 0 Å². The Labute approximate surface area is 255 Å². The molecule has 1 aliphatic heterocycles. The van der Waals surface area contributed by atoms with Gasteiger partial charge in [-0.3, -0.25) is 19.5 Å². The summed E-state index contributed by atoms with van der Waals surface area (Å²) >= 11 is 2.06. The van der Waals surface area contributed by atoms with Crippen LogP contribution < -0.4 is 4.74 Å². The number of nitrogens with zero attached hydrogens (tertiary/aromatic N) is 2. The van der Waals surface area contributed by atoms with E-state index in [-0.39, 0.29) is 24.2 Å². The molecule has 2 aromatic rings. The monoisotopic (exact) mass is 674 g/mol. The number of fused-ring (bicyclic) bond motifs is 1. The van der Waals surface area contributed by atoms with Gasteiger partial charge in [-0.15, -0.1) is 0 Å². The third-order valence-corrected chi connectivity index (χ3v) is 8.95. The van der Waals surface area contributed by atoms with Crippen LogP contribution in [0.1, 0.15) is 63.6 Å². The number of carbonyl (C=O) groups is 2. The van der Waals surface area contributed by atoms with Crippen molar-refractivity contribution in [1.29, 1.82) is 0 Å². The number of phenolic OH excluding ortho intramolecular Hbond substituents is 1. The highest BCUT2D eigenvalue weighted by molar-refractivity contribution is 14.1. The van der Waals surface area contributed by atoms with Crippen LogP contribution in [0.3, 0.4) is 0 Å². The van der Waals surface area contributed by atoms with Crippen molar-refractivity contribution in [2.24, 2.45) is 17.8 Å². The smallest absolute Gasteiger partial charge is 0.233 e. The number of aromatic nitrogens is 1. The van der Waals surface area contributed by atoms with Gasteiger partial charge in [-0.2, -0.15) is 0 Å². The van der Waals surface area contributed by atoms with E-state index in [4.69, 9.17) is 4.74 Å². The van der Waals surface area contributed by atoms with E-state index in [1.807, 2.05) is 37.3 Å². The number of halogens is 1. The van der Waals surface area contributed by atoms with E-state index in [1.54, 1.807) is 12.3 Å². The zero-order valence-electron chi connectivity index (χ0n) is 23.8. The Morgan fingerprint density at radius 3 is 2.63 bits per heavy atom. The van der Waals surface area contributed by atoms with E-state index >= 15 is 0 Å². The maximum atomic E-state index is 13.3. The van der Waals surface area contributed by atoms with E-state index in [2.05, 4.69) is 34.5 Å². The second-order valence-electron chi connectivity index (χ2n) is 10.8. The van der Waals surface area contributed by atoms with E-state index < -0.39 is 23.9 Å². The van der Waals surface area contributed by atoms with Crippen molar-refractivity contribution < 1.29 is 29.6 Å². The van der Waals surface area contributed by atoms with Gasteiger partial charge in [0.05, 0.1) is 40.9 Å². The minimum atomic E-state index is -0.889. The lowest BCUT2D eigenvalue weighted by atomic mass is 9.67. The van der Waals surface area contributed by atoms with Gasteiger partial charge in [0.15, 0.2) is 11.5 Å². The van der Waals surface area contributed by atoms with E-state index in [9.17, 15) is 24.9 Å². The summed E-state index contributed by atoms with van der Waals surface area (Å²) < 4.78 is 5.99. The first kappa shape index (κ1) is 31.2. The average Bonchev–Trinajstić information content (AvgIpc) is 3.21. The molecule has 0 unspecified atom stereocenters. The van der Waals surface area contributed by atoms with Crippen molar-refractivity contribution in [3.63, 3.8) is 0 Å². The number of aliphatic hydroxyl groups is 2. The number of hydrogen-bond acceptors (Lipinski definition) is 7. The van der Waals surface area contributed by atoms with Gasteiger partial charge < -0.3 is 20.1 Å². The largest absolute Gasteiger partial charge is 0.504 e. The van der Waals surface area contributed by atoms with Crippen LogP contribution >= 0.6 is 22.6 Å². The number of allylic oxidation sites excluding steroid dienone is 2. The molecule has 2 amide bonds. The van der Waals surface area contributed by atoms with Gasteiger partial charge in [0.2, 0.25) is 11.8 Å². The van der Waals surface area contributed by atoms with E-state index in [1.165, 1.54) is 12.0 Å². The second-order valence-corrected chi connectivity index (χ2v) is 11.9. The van der Waals surface area contributed by atoms with Crippen molar-refractivity contribution in [1.82, 2.24) is 9.88 Å². The molecule has 0 spiro atoms. The number of aliphatic hydroxyl groups excluding tert-OH is 2. The molecule has 3 N–H and O–H groups in total. The van der Waals surface area contributed by atoms with Crippen LogP contribution in [-0.2, 0) is 9.59 Å². The number of carbonyl (C=O) groups excluding carboxylic acids is 2. The van der Waals surface area contributed by atoms with Crippen molar-refractivity contribution in [3.05, 3.63) is 62.5 Å². The zero-order valence-corrected chi connectivity index (χ0v) is 26.0. The van der Waals surface area contributed by atoms with E-state index in [0.717, 1.165) is 34.4 Å². The molecule has 1 aromatic carbocycles. The van der Waals surface area contributed by atoms with Gasteiger partial charge in [0.1, 0.15) is 0 Å². The fraction of sp³-hybridized carbons (Fsp3) is 0.469. The maximum absolute atomic E-state index is 13.3. The topological polar surface area (TPSA) is 120 Å². The van der Waals surface area contributed by atoms with Gasteiger partial charge in [-0.1, -0.05) is 31.9 Å². The molecular weight excluding hydrogens is 635 g/mol. The van der Waals surface area contributed by atoms with Gasteiger partial charge in [-0.05, 0) is 102 Å². The van der Waals surface area contributed by atoms with Crippen LogP contribution in [0.4, 0.5) is 0 Å². The molecule has 1 fully saturated rings. The molecule has 2 aliphatic rings. The second kappa shape index (κ2) is 13.9. The number of amides is 2. The van der Waals surface area contributed by atoms with Gasteiger partial charge in [0.25, 0.3) is 0 Å². The molecule has 4 atom stereocenters. The number of likely N-dealkylation sites (tertiary alicyclic amines) is 1. The Kier molecular flexibility index (Phi) is 10.6. The predicted octanol–water partition coefficient (Wildman–Crippen LogP) is 5.20. The van der Waals surface area contributed by atoms with E-state index in [0.29, 0.717) is 48.0 Å². The SMILES string of the molecule is CCCC1=C([C@H](O)CC/C(=C/c2cc(I)c(O)c(OC)c2)c2ccccn2)[C@H](CO)[C@@H]2C(=O)N(CCC)C(=O)[C@@H]2C1. The van der Waals surface area contributed by atoms with Crippen molar-refractivity contribution in [2.45, 2.75) is 58.5 Å². The molecule has 220 valence electrons. The van der Waals surface area contributed by atoms with Gasteiger partial charge in [0, 0.05) is 18.7 Å². The number of methoxy groups -OCH3 is 1. The molecule has 9 heteroatoms. The molecule has 1 aliphatic carbocycles. The fourth-order valence-electron chi connectivity index (χ4n) is 6.32. The molecule has 41 heavy (non-hydrogen) atoms. The van der Waals surface area contributed by atoms with Crippen LogP contribution in [0.2, 0.25) is 0 Å². The molecular formula is C32H39IN2O6. The van der Waals surface area contributed by atoms with Crippen LogP contribution in [0.25, 0.3) is 11.6 Å². The zero-order chi connectivity index (χ0) is 29.7. The van der Waals surface area contributed by atoms with Crippen molar-refractivity contribution >= 4 is 46.1 Å².